The molecule has 62 valence electrons. The summed E-state index contributed by atoms with van der Waals surface area (Å²) < 4.78 is 47.6. The van der Waals surface area contributed by atoms with Gasteiger partial charge in [0.1, 0.15) is 0 Å². The van der Waals surface area contributed by atoms with Crippen molar-refractivity contribution in [2.45, 2.75) is 19.3 Å². The lowest BCUT2D eigenvalue weighted by atomic mass is 10.0. The molecule has 0 aromatic rings. The summed E-state index contributed by atoms with van der Waals surface area (Å²) in [4.78, 5) is 0. The van der Waals surface area contributed by atoms with E-state index in [1.165, 1.54) is 6.92 Å². The lowest BCUT2D eigenvalue weighted by Crippen LogP contribution is -2.31. The van der Waals surface area contributed by atoms with Gasteiger partial charge in [0.15, 0.2) is 6.67 Å². The van der Waals surface area contributed by atoms with Crippen LogP contribution in [0.2, 0.25) is 0 Å². The predicted octanol–water partition coefficient (Wildman–Crippen LogP) is 2.59. The third kappa shape index (κ3) is 2.15. The average molecular weight is 158 g/mol. The first kappa shape index (κ1) is 9.72. The van der Waals surface area contributed by atoms with Crippen LogP contribution < -0.4 is 0 Å². The van der Waals surface area contributed by atoms with Gasteiger partial charge in [-0.05, 0) is 6.42 Å². The van der Waals surface area contributed by atoms with Crippen LogP contribution in [0, 0.1) is 5.92 Å². The number of alkyl halides is 4. The minimum Gasteiger partial charge on any atom is -0.251 e. The van der Waals surface area contributed by atoms with Crippen LogP contribution in [0.3, 0.4) is 0 Å². The summed E-state index contributed by atoms with van der Waals surface area (Å²) in [7, 11) is 0. The molecule has 0 aliphatic rings. The fourth-order valence-electron chi connectivity index (χ4n) is 0.630. The van der Waals surface area contributed by atoms with Crippen LogP contribution in [-0.4, -0.2) is 19.3 Å². The van der Waals surface area contributed by atoms with E-state index in [4.69, 9.17) is 0 Å². The van der Waals surface area contributed by atoms with Crippen molar-refractivity contribution in [1.29, 1.82) is 0 Å². The topological polar surface area (TPSA) is 0 Å². The van der Waals surface area contributed by atoms with E-state index < -0.39 is 25.2 Å². The summed E-state index contributed by atoms with van der Waals surface area (Å²) >= 11 is 0. The summed E-state index contributed by atoms with van der Waals surface area (Å²) in [5.41, 5.74) is 0. The van der Waals surface area contributed by atoms with Crippen molar-refractivity contribution < 1.29 is 17.6 Å². The molecule has 0 N–H and O–H groups in total. The molecule has 1 unspecified atom stereocenters. The van der Waals surface area contributed by atoms with Crippen LogP contribution >= 0.6 is 0 Å². The van der Waals surface area contributed by atoms with Gasteiger partial charge >= 0.3 is 0 Å². The van der Waals surface area contributed by atoms with Gasteiger partial charge in [0.05, 0.1) is 12.6 Å². The second kappa shape index (κ2) is 3.78. The van der Waals surface area contributed by atoms with Crippen LogP contribution in [0.25, 0.3) is 0 Å². The molecule has 0 nitrogen and oxygen atoms in total. The molecule has 0 aliphatic carbocycles. The Morgan fingerprint density at radius 1 is 1.30 bits per heavy atom. The van der Waals surface area contributed by atoms with Gasteiger partial charge in [-0.3, -0.25) is 4.39 Å². The number of hydrogen-bond donors (Lipinski definition) is 0. The lowest BCUT2D eigenvalue weighted by Gasteiger charge is -2.19. The molecule has 0 heterocycles. The minimum absolute atomic E-state index is 0.0343. The molecule has 1 atom stereocenters. The number of rotatable bonds is 4. The van der Waals surface area contributed by atoms with E-state index >= 15 is 0 Å². The van der Waals surface area contributed by atoms with Crippen molar-refractivity contribution >= 4 is 0 Å². The van der Waals surface area contributed by atoms with Crippen molar-refractivity contribution in [2.75, 3.05) is 13.3 Å². The SMILES string of the molecule is CCC(CF)C(F)(F)CF. The molecule has 0 aliphatic heterocycles. The first-order valence-electron chi connectivity index (χ1n) is 3.08. The van der Waals surface area contributed by atoms with E-state index in [1.54, 1.807) is 0 Å². The Labute approximate surface area is 57.2 Å². The first-order chi connectivity index (χ1) is 4.58. The largest absolute Gasteiger partial charge is 0.281 e. The molecule has 0 bridgehead atoms. The molecule has 4 heteroatoms. The van der Waals surface area contributed by atoms with Crippen molar-refractivity contribution in [3.05, 3.63) is 0 Å². The van der Waals surface area contributed by atoms with Crippen LogP contribution in [0.15, 0.2) is 0 Å². The van der Waals surface area contributed by atoms with Gasteiger partial charge in [-0.25, -0.2) is 13.2 Å². The van der Waals surface area contributed by atoms with Crippen molar-refractivity contribution in [1.82, 2.24) is 0 Å². The van der Waals surface area contributed by atoms with Crippen molar-refractivity contribution in [2.24, 2.45) is 5.92 Å². The molecule has 0 fully saturated rings. The minimum atomic E-state index is -3.48. The monoisotopic (exact) mass is 158 g/mol. The molecule has 0 spiro atoms. The molecule has 0 saturated carbocycles. The zero-order valence-electron chi connectivity index (χ0n) is 5.71. The highest BCUT2D eigenvalue weighted by Crippen LogP contribution is 2.27. The van der Waals surface area contributed by atoms with Gasteiger partial charge in [0, 0.05) is 0 Å². The van der Waals surface area contributed by atoms with Crippen LogP contribution in [-0.2, 0) is 0 Å². The fourth-order valence-corrected chi connectivity index (χ4v) is 0.630. The Hall–Kier alpha value is -0.280. The van der Waals surface area contributed by atoms with E-state index in [0.717, 1.165) is 0 Å². The van der Waals surface area contributed by atoms with Gasteiger partial charge < -0.3 is 0 Å². The summed E-state index contributed by atoms with van der Waals surface area (Å²) in [5.74, 6) is -4.94. The highest BCUT2D eigenvalue weighted by molar-refractivity contribution is 4.74. The number of hydrogen-bond acceptors (Lipinski definition) is 0. The van der Waals surface area contributed by atoms with Gasteiger partial charge in [0.2, 0.25) is 0 Å². The van der Waals surface area contributed by atoms with Crippen molar-refractivity contribution in [3.8, 4) is 0 Å². The standard InChI is InChI=1S/C6H10F4/c1-2-5(3-7)6(9,10)4-8/h5H,2-4H2,1H3. The van der Waals surface area contributed by atoms with E-state index in [1.807, 2.05) is 0 Å². The Morgan fingerprint density at radius 3 is 1.90 bits per heavy atom. The summed E-state index contributed by atoms with van der Waals surface area (Å²) in [6, 6.07) is 0. The summed E-state index contributed by atoms with van der Waals surface area (Å²) in [6.45, 7) is -1.52. The predicted molar refractivity (Wildman–Crippen MR) is 30.7 cm³/mol. The average Bonchev–Trinajstić information content (AvgIpc) is 1.90. The van der Waals surface area contributed by atoms with E-state index in [2.05, 4.69) is 0 Å². The quantitative estimate of drug-likeness (QED) is 0.551. The van der Waals surface area contributed by atoms with Gasteiger partial charge in [-0.2, -0.15) is 0 Å². The maximum Gasteiger partial charge on any atom is 0.281 e. The fraction of sp³-hybridized carbons (Fsp3) is 1.00. The zero-order chi connectivity index (χ0) is 8.20. The van der Waals surface area contributed by atoms with Gasteiger partial charge in [-0.15, -0.1) is 0 Å². The van der Waals surface area contributed by atoms with Crippen LogP contribution in [0.4, 0.5) is 17.6 Å². The second-order valence-corrected chi connectivity index (χ2v) is 2.15. The maximum atomic E-state index is 12.2. The Bertz CT molecular complexity index is 87.7. The van der Waals surface area contributed by atoms with E-state index in [-0.39, 0.29) is 6.42 Å². The van der Waals surface area contributed by atoms with Gasteiger partial charge in [0.25, 0.3) is 5.92 Å². The highest BCUT2D eigenvalue weighted by atomic mass is 19.3. The highest BCUT2D eigenvalue weighted by Gasteiger charge is 2.38. The van der Waals surface area contributed by atoms with E-state index in [9.17, 15) is 17.6 Å². The summed E-state index contributed by atoms with van der Waals surface area (Å²) in [5, 5.41) is 0. The Balaban J connectivity index is 3.97. The molecule has 0 aromatic heterocycles. The normalized spacial score (nSPS) is 15.3. The van der Waals surface area contributed by atoms with Gasteiger partial charge in [-0.1, -0.05) is 6.92 Å². The smallest absolute Gasteiger partial charge is 0.251 e. The molecular formula is C6H10F4. The lowest BCUT2D eigenvalue weighted by molar-refractivity contribution is -0.0836. The Kier molecular flexibility index (Phi) is 3.68. The molecule has 0 radical (unpaired) electrons. The van der Waals surface area contributed by atoms with Crippen LogP contribution in [0.1, 0.15) is 13.3 Å². The Morgan fingerprint density at radius 2 is 1.80 bits per heavy atom. The van der Waals surface area contributed by atoms with E-state index in [0.29, 0.717) is 0 Å². The maximum absolute atomic E-state index is 12.2. The number of halogens is 4. The molecule has 0 saturated heterocycles. The summed E-state index contributed by atoms with van der Waals surface area (Å²) in [6.07, 6.45) is -0.0343. The molecule has 0 aromatic carbocycles. The third-order valence-corrected chi connectivity index (χ3v) is 1.45. The van der Waals surface area contributed by atoms with Crippen LogP contribution in [0.5, 0.6) is 0 Å². The first-order valence-corrected chi connectivity index (χ1v) is 3.08. The molecule has 0 rings (SSSR count). The second-order valence-electron chi connectivity index (χ2n) is 2.15. The third-order valence-electron chi connectivity index (χ3n) is 1.45. The zero-order valence-corrected chi connectivity index (χ0v) is 5.71. The van der Waals surface area contributed by atoms with Crippen molar-refractivity contribution in [3.63, 3.8) is 0 Å². The molecule has 0 amide bonds. The molecular weight excluding hydrogens is 148 g/mol. The molecule has 10 heavy (non-hydrogen) atoms.